The van der Waals surface area contributed by atoms with Gasteiger partial charge in [-0.15, -0.1) is 0 Å². The van der Waals surface area contributed by atoms with Crippen molar-refractivity contribution in [3.63, 3.8) is 0 Å². The van der Waals surface area contributed by atoms with E-state index in [2.05, 4.69) is 15.0 Å². The van der Waals surface area contributed by atoms with Crippen LogP contribution in [0.3, 0.4) is 0 Å². The molecule has 7 heteroatoms. The van der Waals surface area contributed by atoms with Gasteiger partial charge in [0.2, 0.25) is 15.9 Å². The lowest BCUT2D eigenvalue weighted by atomic mass is 10.1. The summed E-state index contributed by atoms with van der Waals surface area (Å²) in [6.07, 6.45) is 4.30. The number of hydrogen-bond acceptors (Lipinski definition) is 4. The van der Waals surface area contributed by atoms with Gasteiger partial charge in [-0.05, 0) is 35.7 Å². The lowest BCUT2D eigenvalue weighted by Crippen LogP contribution is -2.23. The molecule has 0 spiro atoms. The van der Waals surface area contributed by atoms with Crippen LogP contribution in [0.1, 0.15) is 24.5 Å². The number of nitrogens with one attached hydrogen (secondary N) is 2. The van der Waals surface area contributed by atoms with E-state index in [1.54, 1.807) is 43.6 Å². The van der Waals surface area contributed by atoms with Crippen LogP contribution in [-0.4, -0.2) is 25.9 Å². The largest absolute Gasteiger partial charge is 0.352 e. The fraction of sp³-hybridized carbons (Fsp3) is 0.294. The molecule has 24 heavy (non-hydrogen) atoms. The van der Waals surface area contributed by atoms with E-state index in [1.165, 1.54) is 0 Å². The van der Waals surface area contributed by atoms with Gasteiger partial charge in [-0.2, -0.15) is 0 Å². The highest BCUT2D eigenvalue weighted by Gasteiger charge is 2.12. The number of pyridine rings is 1. The quantitative estimate of drug-likeness (QED) is 0.760. The summed E-state index contributed by atoms with van der Waals surface area (Å²) < 4.78 is 26.1. The van der Waals surface area contributed by atoms with Crippen LogP contribution in [0.15, 0.2) is 53.7 Å². The Morgan fingerprint density at radius 3 is 2.50 bits per heavy atom. The van der Waals surface area contributed by atoms with Crippen molar-refractivity contribution in [2.45, 2.75) is 31.2 Å². The van der Waals surface area contributed by atoms with E-state index < -0.39 is 10.0 Å². The maximum atomic E-state index is 11.9. The predicted octanol–water partition coefficient (Wildman–Crippen LogP) is 1.63. The first-order valence-corrected chi connectivity index (χ1v) is 9.24. The molecule has 1 amide bonds. The van der Waals surface area contributed by atoms with Gasteiger partial charge < -0.3 is 5.32 Å². The topological polar surface area (TPSA) is 88.2 Å². The number of benzene rings is 1. The van der Waals surface area contributed by atoms with Crippen molar-refractivity contribution < 1.29 is 13.2 Å². The van der Waals surface area contributed by atoms with Gasteiger partial charge in [-0.1, -0.05) is 25.1 Å². The van der Waals surface area contributed by atoms with Gasteiger partial charge in [-0.3, -0.25) is 9.78 Å². The van der Waals surface area contributed by atoms with E-state index in [1.807, 2.05) is 12.1 Å². The number of carbonyl (C=O) groups excluding carboxylic acids is 1. The zero-order chi connectivity index (χ0) is 17.4. The minimum atomic E-state index is -3.43. The van der Waals surface area contributed by atoms with Crippen LogP contribution < -0.4 is 10.0 Å². The number of aryl methyl sites for hydroxylation is 1. The van der Waals surface area contributed by atoms with Gasteiger partial charge in [0.1, 0.15) is 0 Å². The summed E-state index contributed by atoms with van der Waals surface area (Å²) >= 11 is 0. The van der Waals surface area contributed by atoms with Crippen LogP contribution in [0, 0.1) is 0 Å². The van der Waals surface area contributed by atoms with Gasteiger partial charge >= 0.3 is 0 Å². The molecule has 2 rings (SSSR count). The molecule has 0 saturated heterocycles. The molecule has 2 aromatic rings. The van der Waals surface area contributed by atoms with E-state index in [-0.39, 0.29) is 10.8 Å². The first-order valence-electron chi connectivity index (χ1n) is 7.75. The highest BCUT2D eigenvalue weighted by Crippen LogP contribution is 2.11. The highest BCUT2D eigenvalue weighted by atomic mass is 32.2. The van der Waals surface area contributed by atoms with Crippen LogP contribution in [0.4, 0.5) is 0 Å². The Labute approximate surface area is 142 Å². The standard InChI is InChI=1S/C17H21N3O3S/c1-2-20-24(22,23)16-8-5-14(6-9-16)7-10-17(21)19-13-15-4-3-11-18-12-15/h3-6,8-9,11-12,20H,2,7,10,13H2,1H3,(H,19,21). The van der Waals surface area contributed by atoms with Crippen LogP contribution >= 0.6 is 0 Å². The molecule has 0 fully saturated rings. The summed E-state index contributed by atoms with van der Waals surface area (Å²) in [6, 6.07) is 10.3. The number of carbonyl (C=O) groups is 1. The Morgan fingerprint density at radius 2 is 1.88 bits per heavy atom. The zero-order valence-electron chi connectivity index (χ0n) is 13.5. The number of hydrogen-bond donors (Lipinski definition) is 2. The Bertz CT molecular complexity index is 759. The maximum absolute atomic E-state index is 11.9. The van der Waals surface area contributed by atoms with Gasteiger partial charge in [0.15, 0.2) is 0 Å². The van der Waals surface area contributed by atoms with Crippen LogP contribution in [-0.2, 0) is 27.8 Å². The summed E-state index contributed by atoms with van der Waals surface area (Å²) in [5.41, 5.74) is 1.87. The fourth-order valence-corrected chi connectivity index (χ4v) is 3.20. The second-order valence-corrected chi connectivity index (χ2v) is 7.05. The normalized spacial score (nSPS) is 11.2. The Kier molecular flexibility index (Phi) is 6.45. The number of sulfonamides is 1. The Hall–Kier alpha value is -2.25. The maximum Gasteiger partial charge on any atom is 0.240 e. The van der Waals surface area contributed by atoms with E-state index >= 15 is 0 Å². The fourth-order valence-electron chi connectivity index (χ4n) is 2.16. The van der Waals surface area contributed by atoms with Crippen molar-refractivity contribution in [1.29, 1.82) is 0 Å². The minimum Gasteiger partial charge on any atom is -0.352 e. The molecule has 6 nitrogen and oxygen atoms in total. The molecule has 1 heterocycles. The zero-order valence-corrected chi connectivity index (χ0v) is 14.3. The van der Waals surface area contributed by atoms with Crippen LogP contribution in [0.2, 0.25) is 0 Å². The smallest absolute Gasteiger partial charge is 0.240 e. The first kappa shape index (κ1) is 18.1. The van der Waals surface area contributed by atoms with Gasteiger partial charge in [0, 0.05) is 31.9 Å². The van der Waals surface area contributed by atoms with E-state index in [4.69, 9.17) is 0 Å². The molecule has 0 aliphatic heterocycles. The number of rotatable bonds is 8. The highest BCUT2D eigenvalue weighted by molar-refractivity contribution is 7.89. The van der Waals surface area contributed by atoms with Crippen molar-refractivity contribution in [2.75, 3.05) is 6.54 Å². The first-order chi connectivity index (χ1) is 11.5. The van der Waals surface area contributed by atoms with E-state index in [9.17, 15) is 13.2 Å². The van der Waals surface area contributed by atoms with Crippen molar-refractivity contribution in [3.8, 4) is 0 Å². The Morgan fingerprint density at radius 1 is 1.12 bits per heavy atom. The molecule has 128 valence electrons. The molecule has 1 aromatic carbocycles. The molecule has 0 saturated carbocycles. The van der Waals surface area contributed by atoms with E-state index in [0.29, 0.717) is 25.9 Å². The minimum absolute atomic E-state index is 0.0526. The van der Waals surface area contributed by atoms with Crippen LogP contribution in [0.5, 0.6) is 0 Å². The summed E-state index contributed by atoms with van der Waals surface area (Å²) in [5.74, 6) is -0.0526. The summed E-state index contributed by atoms with van der Waals surface area (Å²) in [7, 11) is -3.43. The lowest BCUT2D eigenvalue weighted by molar-refractivity contribution is -0.121. The SMILES string of the molecule is CCNS(=O)(=O)c1ccc(CCC(=O)NCc2cccnc2)cc1. The third-order valence-electron chi connectivity index (χ3n) is 3.42. The lowest BCUT2D eigenvalue weighted by Gasteiger charge is -2.07. The second-order valence-electron chi connectivity index (χ2n) is 5.28. The van der Waals surface area contributed by atoms with Crippen molar-refractivity contribution in [1.82, 2.24) is 15.0 Å². The number of amides is 1. The summed E-state index contributed by atoms with van der Waals surface area (Å²) in [6.45, 7) is 2.53. The summed E-state index contributed by atoms with van der Waals surface area (Å²) in [4.78, 5) is 16.1. The molecule has 0 bridgehead atoms. The average Bonchev–Trinajstić information content (AvgIpc) is 2.59. The molecule has 2 N–H and O–H groups in total. The molecule has 0 atom stereocenters. The number of aromatic nitrogens is 1. The van der Waals surface area contributed by atoms with Crippen molar-refractivity contribution in [3.05, 3.63) is 59.9 Å². The average molecular weight is 347 g/mol. The van der Waals surface area contributed by atoms with Crippen molar-refractivity contribution >= 4 is 15.9 Å². The van der Waals surface area contributed by atoms with E-state index in [0.717, 1.165) is 11.1 Å². The van der Waals surface area contributed by atoms with Crippen LogP contribution in [0.25, 0.3) is 0 Å². The third-order valence-corrected chi connectivity index (χ3v) is 4.98. The molecule has 0 aliphatic carbocycles. The number of nitrogens with zero attached hydrogens (tertiary/aromatic N) is 1. The van der Waals surface area contributed by atoms with Gasteiger partial charge in [0.25, 0.3) is 0 Å². The molecule has 0 unspecified atom stereocenters. The second kappa shape index (κ2) is 8.56. The van der Waals surface area contributed by atoms with Gasteiger partial charge in [0.05, 0.1) is 4.90 Å². The van der Waals surface area contributed by atoms with Gasteiger partial charge in [-0.25, -0.2) is 13.1 Å². The van der Waals surface area contributed by atoms with Crippen molar-refractivity contribution in [2.24, 2.45) is 0 Å². The predicted molar refractivity (Wildman–Crippen MR) is 91.7 cm³/mol. The molecule has 1 aromatic heterocycles. The monoisotopic (exact) mass is 347 g/mol. The molecular formula is C17H21N3O3S. The molecular weight excluding hydrogens is 326 g/mol. The third kappa shape index (κ3) is 5.43. The summed E-state index contributed by atoms with van der Waals surface area (Å²) in [5, 5.41) is 2.84. The molecule has 0 radical (unpaired) electrons. The molecule has 0 aliphatic rings. The Balaban J connectivity index is 1.83.